The highest BCUT2D eigenvalue weighted by molar-refractivity contribution is 7.89. The number of hydrogen-bond acceptors (Lipinski definition) is 5. The lowest BCUT2D eigenvalue weighted by atomic mass is 10.0. The number of hydrogen-bond donors (Lipinski definition) is 2. The van der Waals surface area contributed by atoms with Crippen molar-refractivity contribution in [2.75, 3.05) is 0 Å². The number of fused-ring (bicyclic) bond motifs is 2. The molecule has 0 aromatic heterocycles. The first-order valence-electron chi connectivity index (χ1n) is 7.39. The first-order valence-corrected chi connectivity index (χ1v) is 8.87. The average molecular weight is 362 g/mol. The summed E-state index contributed by atoms with van der Waals surface area (Å²) in [5.41, 5.74) is 0.00478. The zero-order chi connectivity index (χ0) is 15.9. The molecule has 1 aromatic carbocycles. The van der Waals surface area contributed by atoms with E-state index in [2.05, 4.69) is 10.0 Å². The minimum absolute atomic E-state index is 0. The molecular weight excluding hydrogens is 342 g/mol. The molecule has 23 heavy (non-hydrogen) atoms. The van der Waals surface area contributed by atoms with Crippen LogP contribution in [0, 0.1) is 17.0 Å². The van der Waals surface area contributed by atoms with Crippen molar-refractivity contribution < 1.29 is 13.3 Å². The third kappa shape index (κ3) is 3.65. The van der Waals surface area contributed by atoms with Crippen LogP contribution in [-0.2, 0) is 10.0 Å². The van der Waals surface area contributed by atoms with Crippen molar-refractivity contribution in [2.45, 2.75) is 55.6 Å². The molecule has 0 amide bonds. The van der Waals surface area contributed by atoms with Gasteiger partial charge in [-0.3, -0.25) is 10.1 Å². The van der Waals surface area contributed by atoms with E-state index in [1.807, 2.05) is 0 Å². The molecule has 2 fully saturated rings. The van der Waals surface area contributed by atoms with Crippen LogP contribution in [0.25, 0.3) is 0 Å². The van der Waals surface area contributed by atoms with Crippen molar-refractivity contribution in [1.82, 2.24) is 10.0 Å². The SMILES string of the molecule is Cc1c([N+](=O)[O-])cccc1S(=O)(=O)NC1CC2CCC(C1)N2.Cl. The second-order valence-corrected chi connectivity index (χ2v) is 7.77. The Bertz CT molecular complexity index is 698. The second kappa shape index (κ2) is 6.72. The summed E-state index contributed by atoms with van der Waals surface area (Å²) >= 11 is 0. The summed E-state index contributed by atoms with van der Waals surface area (Å²) in [6, 6.07) is 4.78. The molecule has 128 valence electrons. The maximum absolute atomic E-state index is 12.6. The van der Waals surface area contributed by atoms with Gasteiger partial charge in [0, 0.05) is 29.8 Å². The second-order valence-electron chi connectivity index (χ2n) is 6.08. The summed E-state index contributed by atoms with van der Waals surface area (Å²) in [5.74, 6) is 0. The van der Waals surface area contributed by atoms with E-state index in [-0.39, 0.29) is 34.6 Å². The number of nitro benzene ring substituents is 1. The molecule has 0 radical (unpaired) electrons. The van der Waals surface area contributed by atoms with Crippen molar-refractivity contribution in [2.24, 2.45) is 0 Å². The molecule has 1 aromatic rings. The third-order valence-corrected chi connectivity index (χ3v) is 6.20. The van der Waals surface area contributed by atoms with E-state index in [0.717, 1.165) is 25.7 Å². The summed E-state index contributed by atoms with van der Waals surface area (Å²) in [6.45, 7) is 1.47. The Morgan fingerprint density at radius 1 is 1.26 bits per heavy atom. The van der Waals surface area contributed by atoms with Crippen LogP contribution in [0.1, 0.15) is 31.2 Å². The average Bonchev–Trinajstić information content (AvgIpc) is 2.77. The predicted octanol–water partition coefficient (Wildman–Crippen LogP) is 1.89. The molecule has 2 aliphatic rings. The summed E-state index contributed by atoms with van der Waals surface area (Å²) in [5, 5.41) is 14.4. The molecule has 2 N–H and O–H groups in total. The summed E-state index contributed by atoms with van der Waals surface area (Å²) in [7, 11) is -3.75. The number of rotatable bonds is 4. The third-order valence-electron chi connectivity index (χ3n) is 4.54. The van der Waals surface area contributed by atoms with Crippen LogP contribution in [0.15, 0.2) is 23.1 Å². The van der Waals surface area contributed by atoms with Gasteiger partial charge in [0.25, 0.3) is 5.69 Å². The Morgan fingerprint density at radius 2 is 1.87 bits per heavy atom. The molecule has 2 atom stereocenters. The van der Waals surface area contributed by atoms with E-state index < -0.39 is 14.9 Å². The minimum atomic E-state index is -3.75. The van der Waals surface area contributed by atoms with Crippen LogP contribution in [0.2, 0.25) is 0 Å². The number of sulfonamides is 1. The van der Waals surface area contributed by atoms with Gasteiger partial charge in [0.1, 0.15) is 0 Å². The van der Waals surface area contributed by atoms with E-state index in [0.29, 0.717) is 12.1 Å². The molecule has 2 aliphatic heterocycles. The quantitative estimate of drug-likeness (QED) is 0.629. The first-order chi connectivity index (χ1) is 10.4. The number of halogens is 1. The summed E-state index contributed by atoms with van der Waals surface area (Å²) in [6.07, 6.45) is 3.70. The molecule has 3 rings (SSSR count). The van der Waals surface area contributed by atoms with Gasteiger partial charge >= 0.3 is 0 Å². The first kappa shape index (κ1) is 18.1. The largest absolute Gasteiger partial charge is 0.311 e. The highest BCUT2D eigenvalue weighted by Crippen LogP contribution is 2.29. The highest BCUT2D eigenvalue weighted by atomic mass is 35.5. The van der Waals surface area contributed by atoms with Crippen LogP contribution in [0.4, 0.5) is 5.69 Å². The number of nitrogens with zero attached hydrogens (tertiary/aromatic N) is 1. The van der Waals surface area contributed by atoms with Crippen LogP contribution >= 0.6 is 12.4 Å². The Balaban J connectivity index is 0.00000192. The van der Waals surface area contributed by atoms with E-state index in [9.17, 15) is 18.5 Å². The molecule has 2 saturated heterocycles. The Morgan fingerprint density at radius 3 is 2.43 bits per heavy atom. The Kier molecular flexibility index (Phi) is 5.30. The van der Waals surface area contributed by atoms with Gasteiger partial charge in [0.05, 0.1) is 9.82 Å². The van der Waals surface area contributed by atoms with Crippen LogP contribution in [0.5, 0.6) is 0 Å². The van der Waals surface area contributed by atoms with Crippen molar-refractivity contribution >= 4 is 28.1 Å². The Labute approximate surface area is 141 Å². The molecule has 0 aliphatic carbocycles. The van der Waals surface area contributed by atoms with Crippen molar-refractivity contribution in [1.29, 1.82) is 0 Å². The van der Waals surface area contributed by atoms with Gasteiger partial charge in [0.2, 0.25) is 10.0 Å². The van der Waals surface area contributed by atoms with Crippen molar-refractivity contribution in [3.8, 4) is 0 Å². The molecular formula is C14H20ClN3O4S. The molecule has 2 heterocycles. The molecule has 0 spiro atoms. The van der Waals surface area contributed by atoms with Crippen molar-refractivity contribution in [3.63, 3.8) is 0 Å². The predicted molar refractivity (Wildman–Crippen MR) is 88.4 cm³/mol. The van der Waals surface area contributed by atoms with Gasteiger partial charge < -0.3 is 5.32 Å². The summed E-state index contributed by atoms with van der Waals surface area (Å²) < 4.78 is 27.9. The van der Waals surface area contributed by atoms with Crippen molar-refractivity contribution in [3.05, 3.63) is 33.9 Å². The fourth-order valence-electron chi connectivity index (χ4n) is 3.53. The lowest BCUT2D eigenvalue weighted by Gasteiger charge is -2.29. The number of piperidine rings is 1. The van der Waals surface area contributed by atoms with Gasteiger partial charge in [0.15, 0.2) is 0 Å². The lowest BCUT2D eigenvalue weighted by Crippen LogP contribution is -2.48. The van der Waals surface area contributed by atoms with Gasteiger partial charge in [-0.05, 0) is 38.7 Å². The number of nitro groups is 1. The minimum Gasteiger partial charge on any atom is -0.311 e. The normalized spacial score (nSPS) is 26.6. The zero-order valence-corrected chi connectivity index (χ0v) is 14.3. The number of benzene rings is 1. The fourth-order valence-corrected chi connectivity index (χ4v) is 5.05. The zero-order valence-electron chi connectivity index (χ0n) is 12.7. The standard InChI is InChI=1S/C14H19N3O4S.ClH/c1-9-13(17(18)19)3-2-4-14(9)22(20,21)16-12-7-10-5-6-11(8-12)15-10;/h2-4,10-12,15-16H,5-8H2,1H3;1H. The lowest BCUT2D eigenvalue weighted by molar-refractivity contribution is -0.385. The van der Waals surface area contributed by atoms with Gasteiger partial charge in [-0.25, -0.2) is 13.1 Å². The molecule has 7 nitrogen and oxygen atoms in total. The van der Waals surface area contributed by atoms with E-state index in [1.54, 1.807) is 0 Å². The molecule has 2 unspecified atom stereocenters. The Hall–Kier alpha value is -1.22. The maximum atomic E-state index is 12.6. The summed E-state index contributed by atoms with van der Waals surface area (Å²) in [4.78, 5) is 10.4. The molecule has 2 bridgehead atoms. The fraction of sp³-hybridized carbons (Fsp3) is 0.571. The van der Waals surface area contributed by atoms with E-state index in [4.69, 9.17) is 0 Å². The van der Waals surface area contributed by atoms with E-state index >= 15 is 0 Å². The van der Waals surface area contributed by atoms with Gasteiger partial charge in [-0.2, -0.15) is 0 Å². The smallest absolute Gasteiger partial charge is 0.273 e. The topological polar surface area (TPSA) is 101 Å². The molecule has 0 saturated carbocycles. The monoisotopic (exact) mass is 361 g/mol. The van der Waals surface area contributed by atoms with Gasteiger partial charge in [-0.1, -0.05) is 6.07 Å². The maximum Gasteiger partial charge on any atom is 0.273 e. The highest BCUT2D eigenvalue weighted by Gasteiger charge is 2.36. The van der Waals surface area contributed by atoms with Crippen LogP contribution < -0.4 is 10.0 Å². The van der Waals surface area contributed by atoms with Gasteiger partial charge in [-0.15, -0.1) is 12.4 Å². The number of nitrogens with one attached hydrogen (secondary N) is 2. The van der Waals surface area contributed by atoms with Crippen LogP contribution in [-0.4, -0.2) is 31.5 Å². The van der Waals surface area contributed by atoms with Crippen LogP contribution in [0.3, 0.4) is 0 Å². The van der Waals surface area contributed by atoms with E-state index in [1.165, 1.54) is 25.1 Å². The molecule has 9 heteroatoms.